The highest BCUT2D eigenvalue weighted by atomic mass is 16.5. The molecule has 6 heteroatoms. The lowest BCUT2D eigenvalue weighted by atomic mass is 10.0. The number of rotatable bonds is 3. The minimum Gasteiger partial charge on any atom is -0.490 e. The number of aromatic nitrogens is 3. The lowest BCUT2D eigenvalue weighted by molar-refractivity contribution is 0.323. The van der Waals surface area contributed by atoms with Crippen LogP contribution in [0, 0.1) is 6.92 Å². The number of aromatic amines is 1. The molecule has 122 valence electrons. The van der Waals surface area contributed by atoms with Gasteiger partial charge in [0.05, 0.1) is 23.6 Å². The number of nitrogens with two attached hydrogens (primary N) is 1. The number of nitrogens with zero attached hydrogens (tertiary/aromatic N) is 2. The first-order valence-corrected chi connectivity index (χ1v) is 7.97. The number of H-pyrrole nitrogens is 1. The van der Waals surface area contributed by atoms with Gasteiger partial charge in [0.1, 0.15) is 18.2 Å². The number of ether oxygens (including phenoxy) is 1. The Balaban J connectivity index is 1.84. The predicted octanol–water partition coefficient (Wildman–Crippen LogP) is 2.71. The largest absolute Gasteiger partial charge is 0.490 e. The summed E-state index contributed by atoms with van der Waals surface area (Å²) in [5, 5.41) is 3.36. The van der Waals surface area contributed by atoms with Crippen LogP contribution in [0.5, 0.6) is 5.75 Å². The van der Waals surface area contributed by atoms with Gasteiger partial charge in [-0.05, 0) is 37.3 Å². The molecule has 1 aliphatic heterocycles. The molecule has 3 heterocycles. The van der Waals surface area contributed by atoms with Crippen LogP contribution in [0.25, 0.3) is 22.5 Å². The van der Waals surface area contributed by atoms with E-state index in [4.69, 9.17) is 10.5 Å². The van der Waals surface area contributed by atoms with Crippen molar-refractivity contribution in [2.45, 2.75) is 13.5 Å². The number of fused-ring (bicyclic) bond motifs is 1. The maximum atomic E-state index is 5.79. The van der Waals surface area contributed by atoms with E-state index >= 15 is 0 Å². The molecule has 3 aromatic rings. The zero-order valence-electron chi connectivity index (χ0n) is 13.5. The van der Waals surface area contributed by atoms with E-state index < -0.39 is 0 Å². The van der Waals surface area contributed by atoms with Crippen LogP contribution in [0.1, 0.15) is 11.5 Å². The molecule has 2 aromatic heterocycles. The van der Waals surface area contributed by atoms with Gasteiger partial charge in [-0.2, -0.15) is 0 Å². The summed E-state index contributed by atoms with van der Waals surface area (Å²) in [5.41, 5.74) is 11.7. The van der Waals surface area contributed by atoms with Crippen molar-refractivity contribution in [1.82, 2.24) is 15.0 Å². The highest BCUT2D eigenvalue weighted by molar-refractivity contribution is 5.81. The second-order valence-electron chi connectivity index (χ2n) is 5.78. The van der Waals surface area contributed by atoms with Crippen LogP contribution in [0.2, 0.25) is 0 Å². The summed E-state index contributed by atoms with van der Waals surface area (Å²) < 4.78 is 5.65. The molecule has 0 radical (unpaired) electrons. The van der Waals surface area contributed by atoms with Crippen molar-refractivity contribution in [2.75, 3.05) is 18.5 Å². The smallest absolute Gasteiger partial charge is 0.142 e. The molecule has 4 N–H and O–H groups in total. The van der Waals surface area contributed by atoms with Crippen molar-refractivity contribution in [3.8, 4) is 28.3 Å². The highest BCUT2D eigenvalue weighted by Gasteiger charge is 2.17. The summed E-state index contributed by atoms with van der Waals surface area (Å²) >= 11 is 0. The van der Waals surface area contributed by atoms with E-state index in [0.717, 1.165) is 52.0 Å². The average Bonchev–Trinajstić information content (AvgIpc) is 3.06. The Hall–Kier alpha value is -2.86. The van der Waals surface area contributed by atoms with Crippen molar-refractivity contribution >= 4 is 5.69 Å². The fraction of sp³-hybridized carbons (Fsp3) is 0.222. The molecule has 1 aliphatic rings. The Labute approximate surface area is 140 Å². The van der Waals surface area contributed by atoms with E-state index in [1.807, 2.05) is 31.2 Å². The topological polar surface area (TPSA) is 88.9 Å². The van der Waals surface area contributed by atoms with E-state index in [2.05, 4.69) is 26.3 Å². The van der Waals surface area contributed by atoms with Gasteiger partial charge in [-0.25, -0.2) is 4.98 Å². The first-order chi connectivity index (χ1) is 11.7. The second kappa shape index (κ2) is 5.98. The lowest BCUT2D eigenvalue weighted by Crippen LogP contribution is -2.17. The van der Waals surface area contributed by atoms with Gasteiger partial charge in [0.15, 0.2) is 0 Å². The molecule has 0 bridgehead atoms. The van der Waals surface area contributed by atoms with Crippen LogP contribution < -0.4 is 15.8 Å². The van der Waals surface area contributed by atoms with Crippen LogP contribution >= 0.6 is 0 Å². The summed E-state index contributed by atoms with van der Waals surface area (Å²) in [4.78, 5) is 12.3. The highest BCUT2D eigenvalue weighted by Crippen LogP contribution is 2.35. The Kier molecular flexibility index (Phi) is 3.66. The molecule has 1 aromatic carbocycles. The molecule has 6 nitrogen and oxygen atoms in total. The second-order valence-corrected chi connectivity index (χ2v) is 5.78. The molecular weight excluding hydrogens is 302 g/mol. The van der Waals surface area contributed by atoms with Crippen LogP contribution in [0.4, 0.5) is 5.69 Å². The van der Waals surface area contributed by atoms with E-state index in [1.165, 1.54) is 0 Å². The number of pyridine rings is 1. The molecule has 0 saturated carbocycles. The monoisotopic (exact) mass is 321 g/mol. The minimum absolute atomic E-state index is 0.364. The third-order valence-corrected chi connectivity index (χ3v) is 4.06. The number of hydrogen-bond acceptors (Lipinski definition) is 5. The summed E-state index contributed by atoms with van der Waals surface area (Å²) in [7, 11) is 0. The fourth-order valence-corrected chi connectivity index (χ4v) is 2.93. The number of aryl methyl sites for hydroxylation is 1. The molecule has 4 rings (SSSR count). The quantitative estimate of drug-likeness (QED) is 0.690. The molecule has 0 spiro atoms. The standard InChI is InChI=1S/C18H19N5O/c1-11-8-13(4-5-20-11)18-17(22-16(10-19)23-18)12-2-3-15-14(9-12)21-6-7-24-15/h2-5,8-9,21H,6-7,10,19H2,1H3,(H,22,23). The average molecular weight is 321 g/mol. The Morgan fingerprint density at radius 1 is 1.21 bits per heavy atom. The summed E-state index contributed by atoms with van der Waals surface area (Å²) in [6.07, 6.45) is 1.81. The van der Waals surface area contributed by atoms with Gasteiger partial charge < -0.3 is 20.8 Å². The lowest BCUT2D eigenvalue weighted by Gasteiger charge is -2.19. The van der Waals surface area contributed by atoms with Crippen LogP contribution in [-0.4, -0.2) is 28.1 Å². The van der Waals surface area contributed by atoms with Gasteiger partial charge in [0.2, 0.25) is 0 Å². The molecule has 24 heavy (non-hydrogen) atoms. The van der Waals surface area contributed by atoms with Crippen molar-refractivity contribution < 1.29 is 4.74 Å². The normalized spacial score (nSPS) is 13.1. The van der Waals surface area contributed by atoms with Gasteiger partial charge in [0.25, 0.3) is 0 Å². The molecular formula is C18H19N5O. The Bertz CT molecular complexity index is 887. The Morgan fingerprint density at radius 2 is 2.12 bits per heavy atom. The van der Waals surface area contributed by atoms with Gasteiger partial charge in [-0.1, -0.05) is 0 Å². The van der Waals surface area contributed by atoms with Gasteiger partial charge in [-0.15, -0.1) is 0 Å². The first kappa shape index (κ1) is 14.7. The van der Waals surface area contributed by atoms with Gasteiger partial charge in [-0.3, -0.25) is 4.98 Å². The maximum Gasteiger partial charge on any atom is 0.142 e. The summed E-state index contributed by atoms with van der Waals surface area (Å²) in [5.74, 6) is 1.64. The summed E-state index contributed by atoms with van der Waals surface area (Å²) in [6.45, 7) is 3.84. The molecule has 0 unspecified atom stereocenters. The fourth-order valence-electron chi connectivity index (χ4n) is 2.93. The van der Waals surface area contributed by atoms with E-state index in [1.54, 1.807) is 6.20 Å². The van der Waals surface area contributed by atoms with Crippen molar-refractivity contribution in [3.63, 3.8) is 0 Å². The van der Waals surface area contributed by atoms with Gasteiger partial charge in [0, 0.05) is 29.6 Å². The van der Waals surface area contributed by atoms with Gasteiger partial charge >= 0.3 is 0 Å². The van der Waals surface area contributed by atoms with E-state index in [-0.39, 0.29) is 0 Å². The molecule has 0 saturated heterocycles. The third kappa shape index (κ3) is 2.61. The molecule has 0 atom stereocenters. The number of imidazole rings is 1. The maximum absolute atomic E-state index is 5.79. The van der Waals surface area contributed by atoms with Crippen molar-refractivity contribution in [1.29, 1.82) is 0 Å². The molecule has 0 aliphatic carbocycles. The first-order valence-electron chi connectivity index (χ1n) is 7.97. The summed E-state index contributed by atoms with van der Waals surface area (Å²) in [6, 6.07) is 10.1. The number of benzene rings is 1. The van der Waals surface area contributed by atoms with E-state index in [0.29, 0.717) is 13.2 Å². The van der Waals surface area contributed by atoms with Crippen LogP contribution in [0.15, 0.2) is 36.5 Å². The van der Waals surface area contributed by atoms with Crippen LogP contribution in [0.3, 0.4) is 0 Å². The SMILES string of the molecule is Cc1cc(-c2[nH]c(CN)nc2-c2ccc3c(c2)NCCO3)ccn1. The van der Waals surface area contributed by atoms with E-state index in [9.17, 15) is 0 Å². The van der Waals surface area contributed by atoms with Crippen LogP contribution in [-0.2, 0) is 6.54 Å². The zero-order chi connectivity index (χ0) is 16.5. The van der Waals surface area contributed by atoms with Crippen molar-refractivity contribution in [3.05, 3.63) is 48.0 Å². The number of anilines is 1. The zero-order valence-corrected chi connectivity index (χ0v) is 13.5. The number of nitrogens with one attached hydrogen (secondary N) is 2. The molecule has 0 amide bonds. The Morgan fingerprint density at radius 3 is 2.96 bits per heavy atom. The predicted molar refractivity (Wildman–Crippen MR) is 93.9 cm³/mol. The third-order valence-electron chi connectivity index (χ3n) is 4.06. The minimum atomic E-state index is 0.364. The molecule has 0 fully saturated rings. The van der Waals surface area contributed by atoms with Crippen molar-refractivity contribution in [2.24, 2.45) is 5.73 Å². The number of hydrogen-bond donors (Lipinski definition) is 3.